The zero-order valence-electron chi connectivity index (χ0n) is 21.3. The third-order valence-corrected chi connectivity index (χ3v) is 6.11. The predicted molar refractivity (Wildman–Crippen MR) is 144 cm³/mol. The average molecular weight is 556 g/mol. The Morgan fingerprint density at radius 2 is 1.72 bits per heavy atom. The highest BCUT2D eigenvalue weighted by Crippen LogP contribution is 2.35. The highest BCUT2D eigenvalue weighted by atomic mass is 35.5. The molecule has 2 amide bonds. The topological polar surface area (TPSA) is 80.3 Å². The quantitative estimate of drug-likeness (QED) is 0.256. The van der Waals surface area contributed by atoms with Gasteiger partial charge in [-0.05, 0) is 54.1 Å². The van der Waals surface area contributed by atoms with Gasteiger partial charge in [0.25, 0.3) is 5.91 Å². The van der Waals surface area contributed by atoms with Gasteiger partial charge in [-0.1, -0.05) is 50.6 Å². The van der Waals surface area contributed by atoms with Gasteiger partial charge in [0.1, 0.15) is 11.5 Å². The zero-order chi connectivity index (χ0) is 28.4. The number of nitrogens with one attached hydrogen (secondary N) is 2. The first-order valence-corrected chi connectivity index (χ1v) is 12.3. The largest absolute Gasteiger partial charge is 0.457 e. The Balaban J connectivity index is 1.58. The number of hydrogen-bond donors (Lipinski definition) is 2. The summed E-state index contributed by atoms with van der Waals surface area (Å²) in [6.07, 6.45) is -3.07. The van der Waals surface area contributed by atoms with E-state index in [1.807, 2.05) is 0 Å². The van der Waals surface area contributed by atoms with E-state index in [1.165, 1.54) is 24.4 Å². The van der Waals surface area contributed by atoms with Crippen LogP contribution in [0.1, 0.15) is 42.3 Å². The number of halogens is 4. The number of carbonyl (C=O) groups is 2. The number of benzene rings is 3. The second kappa shape index (κ2) is 10.9. The van der Waals surface area contributed by atoms with Crippen LogP contribution in [-0.2, 0) is 17.5 Å². The van der Waals surface area contributed by atoms with Gasteiger partial charge in [-0.2, -0.15) is 13.2 Å². The van der Waals surface area contributed by atoms with E-state index in [0.29, 0.717) is 22.2 Å². The molecule has 4 rings (SSSR count). The molecular weight excluding hydrogens is 531 g/mol. The van der Waals surface area contributed by atoms with Crippen molar-refractivity contribution in [2.24, 2.45) is 5.41 Å². The predicted octanol–water partition coefficient (Wildman–Crippen LogP) is 7.61. The molecule has 2 N–H and O–H groups in total. The molecule has 0 unspecified atom stereocenters. The van der Waals surface area contributed by atoms with Gasteiger partial charge in [0, 0.05) is 23.5 Å². The first kappa shape index (κ1) is 27.9. The Morgan fingerprint density at radius 1 is 0.974 bits per heavy atom. The fourth-order valence-electron chi connectivity index (χ4n) is 3.70. The summed E-state index contributed by atoms with van der Waals surface area (Å²) in [5.41, 5.74) is 0.234. The maximum atomic E-state index is 13.2. The van der Waals surface area contributed by atoms with Crippen molar-refractivity contribution in [2.75, 3.05) is 5.32 Å². The number of aromatic nitrogens is 1. The van der Waals surface area contributed by atoms with E-state index >= 15 is 0 Å². The lowest BCUT2D eigenvalue weighted by Gasteiger charge is -2.18. The molecule has 10 heteroatoms. The Hall–Kier alpha value is -4.11. The molecule has 0 radical (unpaired) electrons. The lowest BCUT2D eigenvalue weighted by molar-refractivity contribution is -0.137. The number of pyridine rings is 1. The minimum atomic E-state index is -4.51. The van der Waals surface area contributed by atoms with Gasteiger partial charge >= 0.3 is 6.18 Å². The highest BCUT2D eigenvalue weighted by Gasteiger charge is 2.30. The Morgan fingerprint density at radius 3 is 2.44 bits per heavy atom. The summed E-state index contributed by atoms with van der Waals surface area (Å²) in [7, 11) is 0. The van der Waals surface area contributed by atoms with Crippen LogP contribution in [0.15, 0.2) is 72.9 Å². The van der Waals surface area contributed by atoms with Crippen molar-refractivity contribution in [3.8, 4) is 11.5 Å². The van der Waals surface area contributed by atoms with Crippen LogP contribution in [0.25, 0.3) is 10.9 Å². The summed E-state index contributed by atoms with van der Waals surface area (Å²) in [5, 5.41) is 6.34. The molecular formula is C29H25ClF3N3O3. The Labute approximate surface area is 228 Å². The molecule has 0 atom stereocenters. The van der Waals surface area contributed by atoms with Crippen LogP contribution < -0.4 is 15.4 Å². The molecule has 0 fully saturated rings. The second-order valence-corrected chi connectivity index (χ2v) is 10.2. The molecule has 0 bridgehead atoms. The van der Waals surface area contributed by atoms with E-state index < -0.39 is 23.1 Å². The lowest BCUT2D eigenvalue weighted by Crippen LogP contribution is -2.34. The van der Waals surface area contributed by atoms with Crippen molar-refractivity contribution >= 4 is 40.0 Å². The highest BCUT2D eigenvalue weighted by molar-refractivity contribution is 6.34. The third kappa shape index (κ3) is 6.67. The molecule has 0 saturated carbocycles. The van der Waals surface area contributed by atoms with E-state index in [2.05, 4.69) is 15.6 Å². The Bertz CT molecular complexity index is 1550. The number of fused-ring (bicyclic) bond motifs is 1. The van der Waals surface area contributed by atoms with Gasteiger partial charge in [-0.15, -0.1) is 0 Å². The molecule has 6 nitrogen and oxygen atoms in total. The average Bonchev–Trinajstić information content (AvgIpc) is 2.87. The van der Waals surface area contributed by atoms with Crippen LogP contribution in [0.5, 0.6) is 11.5 Å². The van der Waals surface area contributed by atoms with Gasteiger partial charge in [0.2, 0.25) is 5.91 Å². The van der Waals surface area contributed by atoms with E-state index in [-0.39, 0.29) is 34.5 Å². The summed E-state index contributed by atoms with van der Waals surface area (Å²) in [6, 6.07) is 16.0. The number of amides is 2. The van der Waals surface area contributed by atoms with Crippen LogP contribution in [0, 0.1) is 5.41 Å². The standard InChI is InChI=1S/C29H25ClF3N3O3/c1-28(2,3)27(38)35-16-17-10-11-22(30)21(14-17)26(37)36-23-9-5-8-20-24(12-13-34-25(20)23)39-19-7-4-6-18(15-19)29(31,32)33/h4-15H,16H2,1-3H3,(H,35,38)(H,36,37). The number of rotatable bonds is 6. The molecule has 202 valence electrons. The molecule has 4 aromatic rings. The number of para-hydroxylation sites is 1. The molecule has 0 aliphatic rings. The first-order valence-electron chi connectivity index (χ1n) is 11.9. The van der Waals surface area contributed by atoms with Crippen molar-refractivity contribution < 1.29 is 27.5 Å². The smallest absolute Gasteiger partial charge is 0.416 e. The van der Waals surface area contributed by atoms with Crippen LogP contribution in [0.2, 0.25) is 5.02 Å². The van der Waals surface area contributed by atoms with Gasteiger partial charge in [0.05, 0.1) is 27.4 Å². The second-order valence-electron chi connectivity index (χ2n) is 9.84. The van der Waals surface area contributed by atoms with Gasteiger partial charge in [-0.25, -0.2) is 0 Å². The molecule has 0 spiro atoms. The first-order chi connectivity index (χ1) is 18.3. The molecule has 0 aliphatic carbocycles. The van der Waals surface area contributed by atoms with Crippen molar-refractivity contribution in [3.63, 3.8) is 0 Å². The van der Waals surface area contributed by atoms with Crippen molar-refractivity contribution in [2.45, 2.75) is 33.5 Å². The number of anilines is 1. The third-order valence-electron chi connectivity index (χ3n) is 5.78. The van der Waals surface area contributed by atoms with E-state index in [0.717, 1.165) is 12.1 Å². The van der Waals surface area contributed by atoms with Crippen LogP contribution in [0.4, 0.5) is 18.9 Å². The maximum absolute atomic E-state index is 13.2. The van der Waals surface area contributed by atoms with E-state index in [9.17, 15) is 22.8 Å². The number of alkyl halides is 3. The monoisotopic (exact) mass is 555 g/mol. The summed E-state index contributed by atoms with van der Waals surface area (Å²) in [4.78, 5) is 29.7. The van der Waals surface area contributed by atoms with Gasteiger partial charge in [-0.3, -0.25) is 14.6 Å². The van der Waals surface area contributed by atoms with Crippen molar-refractivity contribution in [1.29, 1.82) is 0 Å². The SMILES string of the molecule is CC(C)(C)C(=O)NCc1ccc(Cl)c(C(=O)Nc2cccc3c(Oc4cccc(C(F)(F)F)c4)ccnc23)c1. The molecule has 0 aliphatic heterocycles. The molecule has 39 heavy (non-hydrogen) atoms. The van der Waals surface area contributed by atoms with Crippen molar-refractivity contribution in [1.82, 2.24) is 10.3 Å². The minimum Gasteiger partial charge on any atom is -0.457 e. The van der Waals surface area contributed by atoms with Crippen LogP contribution >= 0.6 is 11.6 Å². The number of nitrogens with zero attached hydrogens (tertiary/aromatic N) is 1. The fraction of sp³-hybridized carbons (Fsp3) is 0.207. The molecule has 1 aromatic heterocycles. The van der Waals surface area contributed by atoms with Crippen LogP contribution in [0.3, 0.4) is 0 Å². The summed E-state index contributed by atoms with van der Waals surface area (Å²) in [5.74, 6) is -0.352. The van der Waals surface area contributed by atoms with E-state index in [4.69, 9.17) is 16.3 Å². The number of ether oxygens (including phenoxy) is 1. The zero-order valence-corrected chi connectivity index (χ0v) is 22.1. The minimum absolute atomic E-state index is 0.00825. The molecule has 1 heterocycles. The lowest BCUT2D eigenvalue weighted by atomic mass is 9.95. The van der Waals surface area contributed by atoms with Crippen LogP contribution in [-0.4, -0.2) is 16.8 Å². The molecule has 0 saturated heterocycles. The van der Waals surface area contributed by atoms with Gasteiger partial charge in [0.15, 0.2) is 0 Å². The van der Waals surface area contributed by atoms with Gasteiger partial charge < -0.3 is 15.4 Å². The molecule has 3 aromatic carbocycles. The number of carbonyl (C=O) groups excluding carboxylic acids is 2. The summed E-state index contributed by atoms with van der Waals surface area (Å²) in [6.45, 7) is 5.63. The van der Waals surface area contributed by atoms with Crippen molar-refractivity contribution in [3.05, 3.63) is 94.6 Å². The van der Waals surface area contributed by atoms with E-state index in [1.54, 1.807) is 57.2 Å². The fourth-order valence-corrected chi connectivity index (χ4v) is 3.90. The maximum Gasteiger partial charge on any atom is 0.416 e. The summed E-state index contributed by atoms with van der Waals surface area (Å²) >= 11 is 6.31. The summed E-state index contributed by atoms with van der Waals surface area (Å²) < 4.78 is 45.1. The Kier molecular flexibility index (Phi) is 7.83. The number of hydrogen-bond acceptors (Lipinski definition) is 4. The normalized spacial score (nSPS) is 11.8.